The predicted molar refractivity (Wildman–Crippen MR) is 86.3 cm³/mol. The van der Waals surface area contributed by atoms with Gasteiger partial charge >= 0.3 is 0 Å². The summed E-state index contributed by atoms with van der Waals surface area (Å²) < 4.78 is 1.82. The summed E-state index contributed by atoms with van der Waals surface area (Å²) in [5.74, 6) is 3.01. The molecule has 0 spiro atoms. The second-order valence-electron chi connectivity index (χ2n) is 6.56. The molecule has 2 aliphatic carbocycles. The number of halogens is 1. The fourth-order valence-corrected chi connectivity index (χ4v) is 4.53. The highest BCUT2D eigenvalue weighted by Crippen LogP contribution is 2.54. The normalized spacial score (nSPS) is 27.4. The van der Waals surface area contributed by atoms with E-state index in [4.69, 9.17) is 22.4 Å². The van der Waals surface area contributed by atoms with Crippen molar-refractivity contribution in [3.63, 3.8) is 0 Å². The first-order chi connectivity index (χ1) is 10.1. The van der Waals surface area contributed by atoms with Crippen molar-refractivity contribution in [3.8, 4) is 11.1 Å². The van der Waals surface area contributed by atoms with Crippen LogP contribution in [0, 0.1) is 11.8 Å². The van der Waals surface area contributed by atoms with Gasteiger partial charge in [-0.1, -0.05) is 30.2 Å². The van der Waals surface area contributed by atoms with Crippen LogP contribution in [0.5, 0.6) is 0 Å². The molecule has 3 nitrogen and oxygen atoms in total. The molecule has 2 aromatic rings. The second-order valence-corrected chi connectivity index (χ2v) is 7.00. The van der Waals surface area contributed by atoms with Crippen molar-refractivity contribution in [1.29, 1.82) is 0 Å². The van der Waals surface area contributed by atoms with Crippen molar-refractivity contribution in [2.45, 2.75) is 31.6 Å². The zero-order chi connectivity index (χ0) is 14.6. The number of hydrogen-bond acceptors (Lipinski definition) is 2. The molecule has 2 bridgehead atoms. The monoisotopic (exact) mass is 301 g/mol. The molecule has 1 aromatic carbocycles. The maximum atomic E-state index is 6.31. The van der Waals surface area contributed by atoms with Crippen molar-refractivity contribution in [2.24, 2.45) is 18.9 Å². The van der Waals surface area contributed by atoms with Gasteiger partial charge in [-0.05, 0) is 48.8 Å². The number of nitrogen functional groups attached to an aromatic ring is 1. The van der Waals surface area contributed by atoms with Gasteiger partial charge < -0.3 is 5.73 Å². The van der Waals surface area contributed by atoms with Gasteiger partial charge in [0, 0.05) is 23.6 Å². The fraction of sp³-hybridized carbons (Fsp3) is 0.471. The minimum absolute atomic E-state index is 0.571. The van der Waals surface area contributed by atoms with E-state index in [1.54, 1.807) is 0 Å². The third-order valence-corrected chi connectivity index (χ3v) is 5.56. The number of rotatable bonds is 2. The number of anilines is 1. The topological polar surface area (TPSA) is 43.8 Å². The Kier molecular flexibility index (Phi) is 3.00. The highest BCUT2D eigenvalue weighted by molar-refractivity contribution is 6.30. The van der Waals surface area contributed by atoms with E-state index in [2.05, 4.69) is 6.07 Å². The lowest BCUT2D eigenvalue weighted by Gasteiger charge is -2.21. The van der Waals surface area contributed by atoms with E-state index < -0.39 is 0 Å². The first-order valence-electron chi connectivity index (χ1n) is 7.71. The number of fused-ring (bicyclic) bond motifs is 2. The maximum Gasteiger partial charge on any atom is 0.129 e. The molecule has 0 amide bonds. The Hall–Kier alpha value is -1.48. The molecule has 110 valence electrons. The number of benzene rings is 1. The predicted octanol–water partition coefficient (Wildman–Crippen LogP) is 4.23. The smallest absolute Gasteiger partial charge is 0.129 e. The van der Waals surface area contributed by atoms with Gasteiger partial charge in [0.05, 0.1) is 5.69 Å². The molecule has 0 radical (unpaired) electrons. The van der Waals surface area contributed by atoms with E-state index in [0.717, 1.165) is 33.8 Å². The van der Waals surface area contributed by atoms with Gasteiger partial charge in [0.1, 0.15) is 5.82 Å². The van der Waals surface area contributed by atoms with Crippen LogP contribution in [0.25, 0.3) is 11.1 Å². The van der Waals surface area contributed by atoms with E-state index in [-0.39, 0.29) is 0 Å². The molecule has 4 heteroatoms. The molecule has 0 aliphatic heterocycles. The minimum Gasteiger partial charge on any atom is -0.383 e. The summed E-state index contributed by atoms with van der Waals surface area (Å²) in [6, 6.07) is 7.95. The molecule has 3 unspecified atom stereocenters. The first-order valence-corrected chi connectivity index (χ1v) is 8.09. The molecule has 0 saturated heterocycles. The average molecular weight is 302 g/mol. The number of aryl methyl sites for hydroxylation is 1. The SMILES string of the molecule is Cn1nc(C2CC3CCC2C3)c(-c2cccc(Cl)c2)c1N. The average Bonchev–Trinajstić information content (AvgIpc) is 3.14. The fourth-order valence-electron chi connectivity index (χ4n) is 4.34. The van der Waals surface area contributed by atoms with Crippen molar-refractivity contribution in [2.75, 3.05) is 5.73 Å². The van der Waals surface area contributed by atoms with Gasteiger partial charge in [-0.15, -0.1) is 0 Å². The molecule has 2 N–H and O–H groups in total. The zero-order valence-electron chi connectivity index (χ0n) is 12.2. The number of hydrogen-bond donors (Lipinski definition) is 1. The number of nitrogens with two attached hydrogens (primary N) is 1. The van der Waals surface area contributed by atoms with Gasteiger partial charge in [-0.3, -0.25) is 4.68 Å². The third-order valence-electron chi connectivity index (χ3n) is 5.32. The van der Waals surface area contributed by atoms with Crippen LogP contribution >= 0.6 is 11.6 Å². The van der Waals surface area contributed by atoms with Crippen LogP contribution in [0.15, 0.2) is 24.3 Å². The van der Waals surface area contributed by atoms with Crippen molar-refractivity contribution < 1.29 is 0 Å². The summed E-state index contributed by atoms with van der Waals surface area (Å²) in [7, 11) is 1.93. The summed E-state index contributed by atoms with van der Waals surface area (Å²) in [5, 5.41) is 5.51. The van der Waals surface area contributed by atoms with E-state index in [1.807, 2.05) is 29.9 Å². The Labute approximate surface area is 130 Å². The molecular formula is C17H20ClN3. The van der Waals surface area contributed by atoms with Crippen LogP contribution in [0.3, 0.4) is 0 Å². The first kappa shape index (κ1) is 13.2. The van der Waals surface area contributed by atoms with Gasteiger partial charge in [0.15, 0.2) is 0 Å². The van der Waals surface area contributed by atoms with Gasteiger partial charge in [-0.25, -0.2) is 0 Å². The summed E-state index contributed by atoms with van der Waals surface area (Å²) in [6.45, 7) is 0. The molecule has 1 aromatic heterocycles. The summed E-state index contributed by atoms with van der Waals surface area (Å²) >= 11 is 6.16. The Morgan fingerprint density at radius 2 is 2.14 bits per heavy atom. The molecule has 3 atom stereocenters. The zero-order valence-corrected chi connectivity index (χ0v) is 13.0. The van der Waals surface area contributed by atoms with Gasteiger partial charge in [0.2, 0.25) is 0 Å². The summed E-state index contributed by atoms with van der Waals surface area (Å²) in [5.41, 5.74) is 9.68. The van der Waals surface area contributed by atoms with Crippen molar-refractivity contribution in [1.82, 2.24) is 9.78 Å². The molecule has 1 heterocycles. The lowest BCUT2D eigenvalue weighted by Crippen LogP contribution is -2.10. The largest absolute Gasteiger partial charge is 0.383 e. The second kappa shape index (κ2) is 4.77. The molecule has 21 heavy (non-hydrogen) atoms. The number of nitrogens with zero attached hydrogens (tertiary/aromatic N) is 2. The lowest BCUT2D eigenvalue weighted by atomic mass is 9.84. The number of aromatic nitrogens is 2. The standard InChI is InChI=1S/C17H20ClN3/c1-21-17(19)15(12-3-2-4-13(18)9-12)16(20-21)14-8-10-5-6-11(14)7-10/h2-4,9-11,14H,5-8,19H2,1H3. The van der Waals surface area contributed by atoms with Gasteiger partial charge in [-0.2, -0.15) is 5.10 Å². The minimum atomic E-state index is 0.571. The molecule has 4 rings (SSSR count). The van der Waals surface area contributed by atoms with Crippen LogP contribution in [-0.2, 0) is 7.05 Å². The quantitative estimate of drug-likeness (QED) is 0.902. The van der Waals surface area contributed by atoms with Crippen LogP contribution in [0.4, 0.5) is 5.82 Å². The summed E-state index contributed by atoms with van der Waals surface area (Å²) in [4.78, 5) is 0. The van der Waals surface area contributed by atoms with E-state index in [1.165, 1.54) is 31.4 Å². The third kappa shape index (κ3) is 2.06. The Balaban J connectivity index is 1.83. The van der Waals surface area contributed by atoms with E-state index in [0.29, 0.717) is 5.92 Å². The highest BCUT2D eigenvalue weighted by atomic mass is 35.5. The van der Waals surface area contributed by atoms with Crippen LogP contribution in [0.2, 0.25) is 5.02 Å². The van der Waals surface area contributed by atoms with E-state index in [9.17, 15) is 0 Å². The molecule has 2 saturated carbocycles. The maximum absolute atomic E-state index is 6.31. The van der Waals surface area contributed by atoms with Crippen LogP contribution in [0.1, 0.15) is 37.3 Å². The van der Waals surface area contributed by atoms with E-state index >= 15 is 0 Å². The van der Waals surface area contributed by atoms with Crippen molar-refractivity contribution >= 4 is 17.4 Å². The van der Waals surface area contributed by atoms with Crippen molar-refractivity contribution in [3.05, 3.63) is 35.0 Å². The molecular weight excluding hydrogens is 282 g/mol. The lowest BCUT2D eigenvalue weighted by molar-refractivity contribution is 0.411. The van der Waals surface area contributed by atoms with Crippen LogP contribution < -0.4 is 5.73 Å². The van der Waals surface area contributed by atoms with Gasteiger partial charge in [0.25, 0.3) is 0 Å². The Morgan fingerprint density at radius 3 is 2.81 bits per heavy atom. The molecule has 2 aliphatic rings. The highest BCUT2D eigenvalue weighted by Gasteiger charge is 2.42. The Bertz CT molecular complexity index is 691. The molecule has 2 fully saturated rings. The Morgan fingerprint density at radius 1 is 1.29 bits per heavy atom. The van der Waals surface area contributed by atoms with Crippen LogP contribution in [-0.4, -0.2) is 9.78 Å². The summed E-state index contributed by atoms with van der Waals surface area (Å²) in [6.07, 6.45) is 5.39.